The van der Waals surface area contributed by atoms with E-state index in [4.69, 9.17) is 4.74 Å². The molecule has 1 atom stereocenters. The molecule has 8 nitrogen and oxygen atoms in total. The van der Waals surface area contributed by atoms with E-state index in [0.717, 1.165) is 12.0 Å². The zero-order chi connectivity index (χ0) is 26.1. The first-order valence-electron chi connectivity index (χ1n) is 12.4. The molecule has 2 N–H and O–H groups in total. The number of nitrogens with one attached hydrogen (secondary N) is 2. The average molecular weight is 493 g/mol. The molecule has 0 saturated carbocycles. The molecule has 0 aliphatic carbocycles. The van der Waals surface area contributed by atoms with Gasteiger partial charge in [0.05, 0.1) is 5.69 Å². The second kappa shape index (κ2) is 9.84. The molecule has 0 radical (unpaired) electrons. The maximum Gasteiger partial charge on any atom is 0.320 e. The summed E-state index contributed by atoms with van der Waals surface area (Å²) in [6, 6.07) is 13.1. The number of piperidine rings is 1. The number of nitrogens with zero attached hydrogens (tertiary/aromatic N) is 2. The van der Waals surface area contributed by atoms with Crippen LogP contribution in [0.3, 0.4) is 0 Å². The van der Waals surface area contributed by atoms with Crippen molar-refractivity contribution in [3.8, 4) is 5.75 Å². The number of anilines is 2. The summed E-state index contributed by atoms with van der Waals surface area (Å²) in [7, 11) is 0. The van der Waals surface area contributed by atoms with E-state index in [1.807, 2.05) is 36.1 Å². The van der Waals surface area contributed by atoms with E-state index in [9.17, 15) is 14.4 Å². The van der Waals surface area contributed by atoms with Gasteiger partial charge in [0.2, 0.25) is 5.91 Å². The van der Waals surface area contributed by atoms with Gasteiger partial charge in [-0.1, -0.05) is 52.0 Å². The number of carbonyl (C=O) groups is 3. The number of likely N-dealkylation sites (tertiary alicyclic amines) is 1. The molecule has 2 aliphatic rings. The SMILES string of the molecule is Cc1cccc(NC(=O)NC2COc3ccccc3N(CC(=O)N3CC(C)(C)CC(C)(C)C3)C2=O)c1. The second-order valence-electron chi connectivity index (χ2n) is 11.5. The molecule has 2 aromatic rings. The zero-order valence-electron chi connectivity index (χ0n) is 21.8. The van der Waals surface area contributed by atoms with Crippen molar-refractivity contribution < 1.29 is 19.1 Å². The zero-order valence-corrected chi connectivity index (χ0v) is 21.8. The summed E-state index contributed by atoms with van der Waals surface area (Å²) < 4.78 is 5.90. The van der Waals surface area contributed by atoms with Gasteiger partial charge in [-0.25, -0.2) is 4.79 Å². The highest BCUT2D eigenvalue weighted by atomic mass is 16.5. The summed E-state index contributed by atoms with van der Waals surface area (Å²) in [4.78, 5) is 43.2. The summed E-state index contributed by atoms with van der Waals surface area (Å²) in [5.41, 5.74) is 2.12. The lowest BCUT2D eigenvalue weighted by atomic mass is 9.71. The van der Waals surface area contributed by atoms with Crippen LogP contribution in [-0.4, -0.2) is 55.0 Å². The van der Waals surface area contributed by atoms with E-state index >= 15 is 0 Å². The number of hydrogen-bond acceptors (Lipinski definition) is 4. The third-order valence-electron chi connectivity index (χ3n) is 6.55. The summed E-state index contributed by atoms with van der Waals surface area (Å²) in [6.07, 6.45) is 1.02. The number of ether oxygens (including phenoxy) is 1. The lowest BCUT2D eigenvalue weighted by molar-refractivity contribution is -0.137. The van der Waals surface area contributed by atoms with E-state index in [0.29, 0.717) is 30.2 Å². The molecular weight excluding hydrogens is 456 g/mol. The molecule has 8 heteroatoms. The lowest BCUT2D eigenvalue weighted by Crippen LogP contribution is -2.56. The largest absolute Gasteiger partial charge is 0.489 e. The maximum atomic E-state index is 13.7. The molecule has 2 aromatic carbocycles. The van der Waals surface area contributed by atoms with Crippen LogP contribution in [0.4, 0.5) is 16.2 Å². The van der Waals surface area contributed by atoms with Crippen LogP contribution >= 0.6 is 0 Å². The number of urea groups is 1. The summed E-state index contributed by atoms with van der Waals surface area (Å²) >= 11 is 0. The second-order valence-corrected chi connectivity index (χ2v) is 11.5. The van der Waals surface area contributed by atoms with Crippen molar-refractivity contribution in [2.24, 2.45) is 10.8 Å². The lowest BCUT2D eigenvalue weighted by Gasteiger charge is -2.47. The van der Waals surface area contributed by atoms with Crippen molar-refractivity contribution >= 4 is 29.2 Å². The van der Waals surface area contributed by atoms with E-state index < -0.39 is 12.1 Å². The number of benzene rings is 2. The standard InChI is InChI=1S/C28H36N4O4/c1-19-9-8-10-20(13-19)29-26(35)30-21-15-36-23-12-7-6-11-22(23)32(25(21)34)14-24(33)31-17-27(2,3)16-28(4,5)18-31/h6-13,21H,14-18H2,1-5H3,(H2,29,30,35). The van der Waals surface area contributed by atoms with Crippen LogP contribution in [0, 0.1) is 17.8 Å². The number of aryl methyl sites for hydroxylation is 1. The Labute approximate surface area is 213 Å². The first kappa shape index (κ1) is 25.5. The number of amides is 4. The quantitative estimate of drug-likeness (QED) is 0.670. The van der Waals surface area contributed by atoms with Gasteiger partial charge < -0.3 is 20.3 Å². The van der Waals surface area contributed by atoms with Gasteiger partial charge in [0.1, 0.15) is 24.9 Å². The van der Waals surface area contributed by atoms with Crippen molar-refractivity contribution in [3.63, 3.8) is 0 Å². The number of rotatable bonds is 4. The van der Waals surface area contributed by atoms with E-state index in [2.05, 4.69) is 38.3 Å². The molecule has 1 fully saturated rings. The van der Waals surface area contributed by atoms with Gasteiger partial charge in [0.25, 0.3) is 5.91 Å². The van der Waals surface area contributed by atoms with Gasteiger partial charge >= 0.3 is 6.03 Å². The van der Waals surface area contributed by atoms with E-state index in [-0.39, 0.29) is 35.8 Å². The first-order chi connectivity index (χ1) is 16.9. The molecular formula is C28H36N4O4. The molecule has 0 spiro atoms. The molecule has 4 amide bonds. The Morgan fingerprint density at radius 2 is 1.72 bits per heavy atom. The normalized spacial score (nSPS) is 20.6. The fourth-order valence-electron chi connectivity index (χ4n) is 5.58. The van der Waals surface area contributed by atoms with Gasteiger partial charge in [0.15, 0.2) is 0 Å². The van der Waals surface area contributed by atoms with Gasteiger partial charge in [0, 0.05) is 18.8 Å². The highest BCUT2D eigenvalue weighted by Gasteiger charge is 2.41. The predicted octanol–water partition coefficient (Wildman–Crippen LogP) is 4.20. The number of hydrogen-bond donors (Lipinski definition) is 2. The minimum atomic E-state index is -0.954. The molecule has 1 unspecified atom stereocenters. The average Bonchev–Trinajstić information content (AvgIpc) is 2.89. The Morgan fingerprint density at radius 1 is 1.03 bits per heavy atom. The van der Waals surface area contributed by atoms with Crippen LogP contribution in [0.15, 0.2) is 48.5 Å². The van der Waals surface area contributed by atoms with Gasteiger partial charge in [-0.2, -0.15) is 0 Å². The van der Waals surface area contributed by atoms with Gasteiger partial charge in [-0.15, -0.1) is 0 Å². The monoisotopic (exact) mass is 492 g/mol. The Bertz CT molecular complexity index is 1140. The molecule has 36 heavy (non-hydrogen) atoms. The van der Waals surface area contributed by atoms with Gasteiger partial charge in [-0.05, 0) is 54.0 Å². The molecule has 1 saturated heterocycles. The molecule has 4 rings (SSSR count). The van der Waals surface area contributed by atoms with E-state index in [1.165, 1.54) is 4.90 Å². The van der Waals surface area contributed by atoms with Gasteiger partial charge in [-0.3, -0.25) is 14.5 Å². The van der Waals surface area contributed by atoms with Crippen LogP contribution < -0.4 is 20.3 Å². The van der Waals surface area contributed by atoms with Crippen LogP contribution in [0.2, 0.25) is 0 Å². The summed E-state index contributed by atoms with van der Waals surface area (Å²) in [5, 5.41) is 5.50. The Hall–Kier alpha value is -3.55. The molecule has 2 aliphatic heterocycles. The molecule has 192 valence electrons. The van der Waals surface area contributed by atoms with Crippen LogP contribution in [0.1, 0.15) is 39.7 Å². The van der Waals surface area contributed by atoms with Crippen LogP contribution in [0.25, 0.3) is 0 Å². The summed E-state index contributed by atoms with van der Waals surface area (Å²) in [5.74, 6) is -0.00608. The number of carbonyl (C=O) groups excluding carboxylic acids is 3. The first-order valence-corrected chi connectivity index (χ1v) is 12.4. The molecule has 0 bridgehead atoms. The molecule has 0 aromatic heterocycles. The topological polar surface area (TPSA) is 91.0 Å². The Kier molecular flexibility index (Phi) is 6.98. The highest BCUT2D eigenvalue weighted by Crippen LogP contribution is 2.40. The minimum absolute atomic E-state index is 0.0147. The highest BCUT2D eigenvalue weighted by molar-refractivity contribution is 6.05. The van der Waals surface area contributed by atoms with Crippen molar-refractivity contribution in [1.29, 1.82) is 0 Å². The Morgan fingerprint density at radius 3 is 2.42 bits per heavy atom. The summed E-state index contributed by atoms with van der Waals surface area (Å²) in [6.45, 7) is 11.7. The third-order valence-corrected chi connectivity index (χ3v) is 6.55. The Balaban J connectivity index is 1.53. The smallest absolute Gasteiger partial charge is 0.320 e. The van der Waals surface area contributed by atoms with Crippen LogP contribution in [-0.2, 0) is 9.59 Å². The number of fused-ring (bicyclic) bond motifs is 1. The van der Waals surface area contributed by atoms with E-state index in [1.54, 1.807) is 24.3 Å². The van der Waals surface area contributed by atoms with Crippen LogP contribution in [0.5, 0.6) is 5.75 Å². The maximum absolute atomic E-state index is 13.7. The number of para-hydroxylation sites is 2. The van der Waals surface area contributed by atoms with Crippen molar-refractivity contribution in [3.05, 3.63) is 54.1 Å². The van der Waals surface area contributed by atoms with Crippen molar-refractivity contribution in [2.75, 3.05) is 36.5 Å². The fourth-order valence-corrected chi connectivity index (χ4v) is 5.58. The van der Waals surface area contributed by atoms with Crippen molar-refractivity contribution in [1.82, 2.24) is 10.2 Å². The fraction of sp³-hybridized carbons (Fsp3) is 0.464. The molecule has 2 heterocycles. The minimum Gasteiger partial charge on any atom is -0.489 e. The predicted molar refractivity (Wildman–Crippen MR) is 140 cm³/mol. The van der Waals surface area contributed by atoms with Crippen molar-refractivity contribution in [2.45, 2.75) is 47.1 Å². The third kappa shape index (κ3) is 5.98.